The van der Waals surface area contributed by atoms with Crippen molar-refractivity contribution < 1.29 is 28.9 Å². The highest BCUT2D eigenvalue weighted by Crippen LogP contribution is 2.40. The molecule has 0 aromatic heterocycles. The van der Waals surface area contributed by atoms with E-state index in [2.05, 4.69) is 6.58 Å². The van der Waals surface area contributed by atoms with Crippen molar-refractivity contribution in [3.05, 3.63) is 77.9 Å². The molecule has 2 aromatic rings. The summed E-state index contributed by atoms with van der Waals surface area (Å²) in [4.78, 5) is 27.4. The fourth-order valence-electron chi connectivity index (χ4n) is 3.77. The summed E-state index contributed by atoms with van der Waals surface area (Å²) in [5.41, 5.74) is 1.19. The highest BCUT2D eigenvalue weighted by atomic mass is 16.5. The minimum atomic E-state index is -0.720. The summed E-state index contributed by atoms with van der Waals surface area (Å²) in [6.45, 7) is 7.17. The van der Waals surface area contributed by atoms with Gasteiger partial charge in [-0.25, -0.2) is 0 Å². The number of nitrogens with zero attached hydrogens (tertiary/aromatic N) is 1. The standard InChI is InChI=1S/C26H29NO6/c1-4-16-33-21-11-7-18(8-12-21)23-22(25(29)26(30)27(23)15-6-17-31-3)24(28)19-9-13-20(14-10-19)32-5-2/h4,7-14,23,28H,1,5-6,15-17H2,2-3H3/t23-/m0/s1. The molecule has 174 valence electrons. The van der Waals surface area contributed by atoms with Crippen molar-refractivity contribution in [2.45, 2.75) is 19.4 Å². The second kappa shape index (κ2) is 11.3. The van der Waals surface area contributed by atoms with Gasteiger partial charge in [-0.2, -0.15) is 0 Å². The van der Waals surface area contributed by atoms with Gasteiger partial charge in [-0.05, 0) is 55.3 Å². The Morgan fingerprint density at radius 3 is 2.30 bits per heavy atom. The van der Waals surface area contributed by atoms with Crippen molar-refractivity contribution in [1.29, 1.82) is 0 Å². The lowest BCUT2D eigenvalue weighted by Gasteiger charge is -2.25. The van der Waals surface area contributed by atoms with Crippen LogP contribution in [0.5, 0.6) is 11.5 Å². The summed E-state index contributed by atoms with van der Waals surface area (Å²) in [5, 5.41) is 11.1. The third kappa shape index (κ3) is 5.43. The predicted molar refractivity (Wildman–Crippen MR) is 125 cm³/mol. The van der Waals surface area contributed by atoms with Crippen LogP contribution >= 0.6 is 0 Å². The maximum Gasteiger partial charge on any atom is 0.295 e. The fraction of sp³-hybridized carbons (Fsp3) is 0.308. The third-order valence-electron chi connectivity index (χ3n) is 5.29. The number of carbonyl (C=O) groups excluding carboxylic acids is 2. The number of amides is 1. The Labute approximate surface area is 193 Å². The fourth-order valence-corrected chi connectivity index (χ4v) is 3.77. The van der Waals surface area contributed by atoms with Crippen LogP contribution in [-0.4, -0.2) is 55.2 Å². The van der Waals surface area contributed by atoms with E-state index in [0.717, 1.165) is 0 Å². The summed E-state index contributed by atoms with van der Waals surface area (Å²) >= 11 is 0. The van der Waals surface area contributed by atoms with Crippen molar-refractivity contribution in [2.75, 3.05) is 33.5 Å². The van der Waals surface area contributed by atoms with Gasteiger partial charge in [0.25, 0.3) is 11.7 Å². The molecule has 1 aliphatic heterocycles. The highest BCUT2D eigenvalue weighted by Gasteiger charge is 2.45. The van der Waals surface area contributed by atoms with Crippen LogP contribution in [0.2, 0.25) is 0 Å². The average molecular weight is 452 g/mol. The maximum absolute atomic E-state index is 13.0. The van der Waals surface area contributed by atoms with E-state index in [4.69, 9.17) is 14.2 Å². The summed E-state index contributed by atoms with van der Waals surface area (Å²) in [7, 11) is 1.58. The first-order valence-electron chi connectivity index (χ1n) is 10.9. The molecule has 1 aliphatic rings. The molecule has 1 N–H and O–H groups in total. The molecule has 7 nitrogen and oxygen atoms in total. The van der Waals surface area contributed by atoms with E-state index in [1.807, 2.05) is 6.92 Å². The Morgan fingerprint density at radius 2 is 1.70 bits per heavy atom. The summed E-state index contributed by atoms with van der Waals surface area (Å²) in [6, 6.07) is 13.2. The second-order valence-electron chi connectivity index (χ2n) is 7.46. The van der Waals surface area contributed by atoms with E-state index in [9.17, 15) is 14.7 Å². The molecule has 0 saturated carbocycles. The van der Waals surface area contributed by atoms with E-state index >= 15 is 0 Å². The van der Waals surface area contributed by atoms with Gasteiger partial charge in [-0.1, -0.05) is 24.8 Å². The molecule has 1 fully saturated rings. The minimum Gasteiger partial charge on any atom is -0.507 e. The number of aliphatic hydroxyl groups excluding tert-OH is 1. The van der Waals surface area contributed by atoms with Gasteiger partial charge in [0.05, 0.1) is 18.2 Å². The smallest absolute Gasteiger partial charge is 0.295 e. The summed E-state index contributed by atoms with van der Waals surface area (Å²) in [6.07, 6.45) is 2.21. The van der Waals surface area contributed by atoms with E-state index < -0.39 is 17.7 Å². The van der Waals surface area contributed by atoms with Crippen LogP contribution in [-0.2, 0) is 14.3 Å². The number of Topliss-reactive ketones (excluding diaryl/α,β-unsaturated/α-hetero) is 1. The van der Waals surface area contributed by atoms with Crippen LogP contribution in [0.25, 0.3) is 5.76 Å². The molecule has 0 radical (unpaired) electrons. The minimum absolute atomic E-state index is 0.0568. The van der Waals surface area contributed by atoms with Gasteiger partial charge < -0.3 is 24.2 Å². The number of ether oxygens (including phenoxy) is 3. The number of methoxy groups -OCH3 is 1. The molecule has 7 heteroatoms. The van der Waals surface area contributed by atoms with Crippen LogP contribution in [0.3, 0.4) is 0 Å². The summed E-state index contributed by atoms with van der Waals surface area (Å²) in [5.74, 6) is -0.281. The lowest BCUT2D eigenvalue weighted by Crippen LogP contribution is -2.31. The van der Waals surface area contributed by atoms with Crippen molar-refractivity contribution in [1.82, 2.24) is 4.90 Å². The zero-order valence-corrected chi connectivity index (χ0v) is 19.0. The molecule has 1 amide bonds. The van der Waals surface area contributed by atoms with Gasteiger partial charge in [0.1, 0.15) is 23.9 Å². The van der Waals surface area contributed by atoms with E-state index in [1.165, 1.54) is 4.90 Å². The van der Waals surface area contributed by atoms with Crippen LogP contribution in [0.4, 0.5) is 0 Å². The quantitative estimate of drug-likeness (QED) is 0.182. The van der Waals surface area contributed by atoms with E-state index in [-0.39, 0.29) is 11.3 Å². The molecule has 1 atom stereocenters. The van der Waals surface area contributed by atoms with E-state index in [0.29, 0.717) is 55.4 Å². The largest absolute Gasteiger partial charge is 0.507 e. The first-order chi connectivity index (χ1) is 16.0. The van der Waals surface area contributed by atoms with Crippen molar-refractivity contribution >= 4 is 17.4 Å². The number of aliphatic hydroxyl groups is 1. The molecule has 1 saturated heterocycles. The number of likely N-dealkylation sites (tertiary alicyclic amines) is 1. The lowest BCUT2D eigenvalue weighted by atomic mass is 9.95. The maximum atomic E-state index is 13.0. The van der Waals surface area contributed by atoms with Crippen molar-refractivity contribution in [3.8, 4) is 11.5 Å². The number of rotatable bonds is 11. The Bertz CT molecular complexity index is 1010. The Kier molecular flexibility index (Phi) is 8.27. The first-order valence-corrected chi connectivity index (χ1v) is 10.9. The number of benzene rings is 2. The van der Waals surface area contributed by atoms with Crippen LogP contribution in [0, 0.1) is 0 Å². The molecule has 33 heavy (non-hydrogen) atoms. The van der Waals surface area contributed by atoms with E-state index in [1.54, 1.807) is 61.7 Å². The topological polar surface area (TPSA) is 85.3 Å². The number of ketones is 1. The van der Waals surface area contributed by atoms with Crippen LogP contribution < -0.4 is 9.47 Å². The molecule has 0 aliphatic carbocycles. The average Bonchev–Trinajstić information content (AvgIpc) is 3.08. The lowest BCUT2D eigenvalue weighted by molar-refractivity contribution is -0.140. The predicted octanol–water partition coefficient (Wildman–Crippen LogP) is 4.11. The van der Waals surface area contributed by atoms with Gasteiger partial charge >= 0.3 is 0 Å². The molecule has 2 aromatic carbocycles. The van der Waals surface area contributed by atoms with Gasteiger partial charge in [-0.3, -0.25) is 9.59 Å². The Hall–Kier alpha value is -3.58. The van der Waals surface area contributed by atoms with Crippen molar-refractivity contribution in [3.63, 3.8) is 0 Å². The van der Waals surface area contributed by atoms with Gasteiger partial charge in [0.15, 0.2) is 0 Å². The molecule has 0 unspecified atom stereocenters. The SMILES string of the molecule is C=CCOc1ccc([C@H]2C(=C(O)c3ccc(OCC)cc3)C(=O)C(=O)N2CCCOC)cc1. The van der Waals surface area contributed by atoms with Crippen molar-refractivity contribution in [2.24, 2.45) is 0 Å². The van der Waals surface area contributed by atoms with Crippen LogP contribution in [0.1, 0.15) is 30.5 Å². The zero-order chi connectivity index (χ0) is 23.8. The number of hydrogen-bond acceptors (Lipinski definition) is 6. The molecular weight excluding hydrogens is 422 g/mol. The Morgan fingerprint density at radius 1 is 1.06 bits per heavy atom. The van der Waals surface area contributed by atoms with Gasteiger partial charge in [-0.15, -0.1) is 0 Å². The second-order valence-corrected chi connectivity index (χ2v) is 7.46. The Balaban J connectivity index is 2.03. The molecule has 1 heterocycles. The first kappa shape index (κ1) is 24.1. The number of carbonyl (C=O) groups is 2. The molecular formula is C26H29NO6. The summed E-state index contributed by atoms with van der Waals surface area (Å²) < 4.78 is 16.1. The third-order valence-corrected chi connectivity index (χ3v) is 5.29. The van der Waals surface area contributed by atoms with Gasteiger partial charge in [0, 0.05) is 25.8 Å². The molecule has 3 rings (SSSR count). The molecule has 0 spiro atoms. The van der Waals surface area contributed by atoms with Gasteiger partial charge in [0.2, 0.25) is 0 Å². The van der Waals surface area contributed by atoms with Crippen LogP contribution in [0.15, 0.2) is 66.8 Å². The monoisotopic (exact) mass is 451 g/mol. The highest BCUT2D eigenvalue weighted by molar-refractivity contribution is 6.46. The zero-order valence-electron chi connectivity index (χ0n) is 19.0. The number of hydrogen-bond donors (Lipinski definition) is 1. The molecule has 0 bridgehead atoms. The normalized spacial score (nSPS) is 17.3.